The average Bonchev–Trinajstić information content (AvgIpc) is 2.95. The molecule has 1 atom stereocenters. The molecule has 25 heavy (non-hydrogen) atoms. The van der Waals surface area contributed by atoms with E-state index in [9.17, 15) is 18.3 Å². The van der Waals surface area contributed by atoms with Crippen molar-refractivity contribution in [2.24, 2.45) is 0 Å². The third kappa shape index (κ3) is 5.79. The van der Waals surface area contributed by atoms with Crippen molar-refractivity contribution in [2.45, 2.75) is 19.0 Å². The molecule has 2 heterocycles. The number of carboxylic acid groups (broad SMARTS) is 1. The fourth-order valence-electron chi connectivity index (χ4n) is 2.67. The fraction of sp³-hybridized carbons (Fsp3) is 0.312. The molecule has 2 aromatic rings. The number of thiophene rings is 1. The van der Waals surface area contributed by atoms with E-state index in [1.165, 1.54) is 10.4 Å². The number of fused-ring (bicyclic) bond motifs is 1. The van der Waals surface area contributed by atoms with Crippen molar-refractivity contribution < 1.29 is 22.9 Å². The number of nitrogens with zero attached hydrogens (tertiary/aromatic N) is 1. The van der Waals surface area contributed by atoms with Crippen molar-refractivity contribution in [1.29, 1.82) is 0 Å². The molecule has 3 rings (SSSR count). The molecule has 9 heteroatoms. The minimum absolute atomic E-state index is 0.510. The monoisotopic (exact) mass is 403 g/mol. The van der Waals surface area contributed by atoms with E-state index < -0.39 is 22.1 Å². The molecule has 2 N–H and O–H groups in total. The molecule has 1 aliphatic rings. The van der Waals surface area contributed by atoms with Crippen LogP contribution in [0.1, 0.15) is 22.0 Å². The zero-order valence-corrected chi connectivity index (χ0v) is 15.8. The van der Waals surface area contributed by atoms with Crippen LogP contribution in [-0.2, 0) is 27.9 Å². The number of carboxylic acids is 1. The Morgan fingerprint density at radius 2 is 1.96 bits per heavy atom. The SMILES string of the molecule is CS(=O)(=O)O.O=C(O)[C@H](c1ccccc1Cl)N1CCc2sccc2C1. The van der Waals surface area contributed by atoms with Gasteiger partial charge in [-0.2, -0.15) is 8.42 Å². The summed E-state index contributed by atoms with van der Waals surface area (Å²) in [7, 11) is -3.67. The van der Waals surface area contributed by atoms with Gasteiger partial charge in [-0.15, -0.1) is 11.3 Å². The highest BCUT2D eigenvalue weighted by molar-refractivity contribution is 7.85. The number of carbonyl (C=O) groups is 1. The van der Waals surface area contributed by atoms with Gasteiger partial charge in [-0.1, -0.05) is 29.8 Å². The van der Waals surface area contributed by atoms with Crippen molar-refractivity contribution in [2.75, 3.05) is 12.8 Å². The summed E-state index contributed by atoms with van der Waals surface area (Å²) < 4.78 is 25.9. The first-order valence-electron chi connectivity index (χ1n) is 7.36. The highest BCUT2D eigenvalue weighted by atomic mass is 35.5. The van der Waals surface area contributed by atoms with E-state index in [1.807, 2.05) is 17.0 Å². The van der Waals surface area contributed by atoms with E-state index in [2.05, 4.69) is 11.4 Å². The Bertz CT molecular complexity index is 842. The smallest absolute Gasteiger partial charge is 0.325 e. The van der Waals surface area contributed by atoms with Crippen molar-refractivity contribution in [3.8, 4) is 0 Å². The number of rotatable bonds is 3. The van der Waals surface area contributed by atoms with Gasteiger partial charge in [-0.25, -0.2) is 0 Å². The summed E-state index contributed by atoms with van der Waals surface area (Å²) in [6.45, 7) is 1.41. The second-order valence-corrected chi connectivity index (χ2v) is 8.46. The highest BCUT2D eigenvalue weighted by Gasteiger charge is 2.31. The summed E-state index contributed by atoms with van der Waals surface area (Å²) in [6, 6.07) is 8.58. The molecule has 1 aliphatic heterocycles. The quantitative estimate of drug-likeness (QED) is 0.764. The summed E-state index contributed by atoms with van der Waals surface area (Å²) in [5, 5.41) is 12.2. The molecular weight excluding hydrogens is 386 g/mol. The van der Waals surface area contributed by atoms with Gasteiger partial charge in [0.1, 0.15) is 6.04 Å². The first kappa shape index (κ1) is 19.9. The summed E-state index contributed by atoms with van der Waals surface area (Å²) in [5.41, 5.74) is 1.90. The molecule has 1 aromatic carbocycles. The topological polar surface area (TPSA) is 94.9 Å². The molecule has 0 saturated carbocycles. The predicted molar refractivity (Wildman–Crippen MR) is 97.7 cm³/mol. The van der Waals surface area contributed by atoms with E-state index in [0.29, 0.717) is 23.4 Å². The Morgan fingerprint density at radius 1 is 1.32 bits per heavy atom. The van der Waals surface area contributed by atoms with Gasteiger partial charge in [-0.3, -0.25) is 14.2 Å². The Balaban J connectivity index is 0.000000399. The van der Waals surface area contributed by atoms with Gasteiger partial charge in [0.25, 0.3) is 10.1 Å². The summed E-state index contributed by atoms with van der Waals surface area (Å²) >= 11 is 7.92. The zero-order chi connectivity index (χ0) is 18.6. The van der Waals surface area contributed by atoms with E-state index in [-0.39, 0.29) is 0 Å². The van der Waals surface area contributed by atoms with Crippen LogP contribution < -0.4 is 0 Å². The maximum Gasteiger partial charge on any atom is 0.325 e. The van der Waals surface area contributed by atoms with Crippen LogP contribution in [0.3, 0.4) is 0 Å². The Kier molecular flexibility index (Phi) is 6.59. The third-order valence-electron chi connectivity index (χ3n) is 3.64. The van der Waals surface area contributed by atoms with E-state index >= 15 is 0 Å². The van der Waals surface area contributed by atoms with Crippen LogP contribution in [0.2, 0.25) is 5.02 Å². The minimum Gasteiger partial charge on any atom is -0.480 e. The largest absolute Gasteiger partial charge is 0.480 e. The van der Waals surface area contributed by atoms with Crippen molar-refractivity contribution in [1.82, 2.24) is 4.90 Å². The lowest BCUT2D eigenvalue weighted by atomic mass is 10.0. The predicted octanol–water partition coefficient (Wildman–Crippen LogP) is 3.09. The number of halogens is 1. The summed E-state index contributed by atoms with van der Waals surface area (Å²) in [5.74, 6) is -0.850. The van der Waals surface area contributed by atoms with E-state index in [1.54, 1.807) is 23.5 Å². The standard InChI is InChI=1S/C15H14ClNO2S.CH4O3S/c16-12-4-2-1-3-11(12)14(15(18)19)17-7-5-13-10(9-17)6-8-20-13;1-5(2,3)4/h1-4,6,8,14H,5,7,9H2,(H,18,19);1H3,(H,2,3,4)/t14-;/m0./s1. The Labute approximate surface area is 155 Å². The molecule has 6 nitrogen and oxygen atoms in total. The molecule has 0 spiro atoms. The minimum atomic E-state index is -3.67. The van der Waals surface area contributed by atoms with Crippen LogP contribution in [0.4, 0.5) is 0 Å². The summed E-state index contributed by atoms with van der Waals surface area (Å²) in [6.07, 6.45) is 1.62. The van der Waals surface area contributed by atoms with Crippen LogP contribution in [0.5, 0.6) is 0 Å². The maximum absolute atomic E-state index is 11.7. The normalized spacial score (nSPS) is 15.6. The molecule has 0 amide bonds. The van der Waals surface area contributed by atoms with Crippen LogP contribution in [0.15, 0.2) is 35.7 Å². The Hall–Kier alpha value is -1.45. The molecule has 136 valence electrons. The van der Waals surface area contributed by atoms with Crippen LogP contribution >= 0.6 is 22.9 Å². The lowest BCUT2D eigenvalue weighted by Crippen LogP contribution is -2.37. The van der Waals surface area contributed by atoms with Crippen molar-refractivity contribution in [3.63, 3.8) is 0 Å². The number of aliphatic carboxylic acids is 1. The average molecular weight is 404 g/mol. The molecule has 0 radical (unpaired) electrons. The van der Waals surface area contributed by atoms with Crippen LogP contribution in [-0.4, -0.2) is 41.7 Å². The fourth-order valence-corrected chi connectivity index (χ4v) is 3.80. The Morgan fingerprint density at radius 3 is 2.56 bits per heavy atom. The first-order valence-corrected chi connectivity index (χ1v) is 10.5. The molecule has 0 aliphatic carbocycles. The second-order valence-electron chi connectivity index (χ2n) is 5.58. The van der Waals surface area contributed by atoms with Crippen LogP contribution in [0, 0.1) is 0 Å². The van der Waals surface area contributed by atoms with Gasteiger partial charge < -0.3 is 5.11 Å². The molecule has 1 aromatic heterocycles. The number of hydrogen-bond acceptors (Lipinski definition) is 5. The van der Waals surface area contributed by atoms with Crippen molar-refractivity contribution in [3.05, 3.63) is 56.7 Å². The van der Waals surface area contributed by atoms with Gasteiger partial charge in [0.2, 0.25) is 0 Å². The lowest BCUT2D eigenvalue weighted by Gasteiger charge is -2.32. The molecule has 0 unspecified atom stereocenters. The number of benzene rings is 1. The lowest BCUT2D eigenvalue weighted by molar-refractivity contribution is -0.144. The van der Waals surface area contributed by atoms with E-state index in [0.717, 1.165) is 13.0 Å². The maximum atomic E-state index is 11.7. The van der Waals surface area contributed by atoms with Crippen molar-refractivity contribution >= 4 is 39.0 Å². The second kappa shape index (κ2) is 8.29. The van der Waals surface area contributed by atoms with Gasteiger partial charge in [0, 0.05) is 23.0 Å². The zero-order valence-electron chi connectivity index (χ0n) is 13.4. The highest BCUT2D eigenvalue weighted by Crippen LogP contribution is 2.33. The molecule has 0 bridgehead atoms. The molecular formula is C16H18ClNO5S2. The molecule has 0 saturated heterocycles. The van der Waals surface area contributed by atoms with Crippen LogP contribution in [0.25, 0.3) is 0 Å². The number of hydrogen-bond donors (Lipinski definition) is 2. The summed E-state index contributed by atoms with van der Waals surface area (Å²) in [4.78, 5) is 15.1. The van der Waals surface area contributed by atoms with E-state index in [4.69, 9.17) is 16.2 Å². The van der Waals surface area contributed by atoms with Gasteiger partial charge in [0.15, 0.2) is 0 Å². The first-order chi connectivity index (χ1) is 11.7. The van der Waals surface area contributed by atoms with Gasteiger partial charge in [-0.05, 0) is 35.1 Å². The van der Waals surface area contributed by atoms with Gasteiger partial charge in [0.05, 0.1) is 6.26 Å². The molecule has 0 fully saturated rings. The third-order valence-corrected chi connectivity index (χ3v) is 5.00. The van der Waals surface area contributed by atoms with Gasteiger partial charge >= 0.3 is 5.97 Å².